The molecule has 2 heterocycles. The van der Waals surface area contributed by atoms with Gasteiger partial charge in [-0.15, -0.1) is 0 Å². The Morgan fingerprint density at radius 3 is 2.92 bits per heavy atom. The number of carbonyl (C=O) groups is 3. The number of benzene rings is 1. The lowest BCUT2D eigenvalue weighted by Gasteiger charge is -2.08. The Morgan fingerprint density at radius 1 is 1.31 bits per heavy atom. The van der Waals surface area contributed by atoms with Gasteiger partial charge in [-0.25, -0.2) is 0 Å². The molecule has 0 bridgehead atoms. The van der Waals surface area contributed by atoms with E-state index in [1.54, 1.807) is 25.1 Å². The highest BCUT2D eigenvalue weighted by Crippen LogP contribution is 2.39. The van der Waals surface area contributed by atoms with E-state index >= 15 is 0 Å². The van der Waals surface area contributed by atoms with Crippen LogP contribution in [0.25, 0.3) is 0 Å². The summed E-state index contributed by atoms with van der Waals surface area (Å²) in [5.74, 6) is 0.332. The first-order valence-corrected chi connectivity index (χ1v) is 11.3. The zero-order valence-electron chi connectivity index (χ0n) is 14.8. The van der Waals surface area contributed by atoms with E-state index in [-0.39, 0.29) is 30.2 Å². The van der Waals surface area contributed by atoms with E-state index in [0.29, 0.717) is 12.0 Å². The van der Waals surface area contributed by atoms with Gasteiger partial charge in [-0.2, -0.15) is 0 Å². The third-order valence-corrected chi connectivity index (χ3v) is 7.75. The summed E-state index contributed by atoms with van der Waals surface area (Å²) in [6.07, 6.45) is 4.58. The van der Waals surface area contributed by atoms with Crippen molar-refractivity contribution >= 4 is 44.9 Å². The lowest BCUT2D eigenvalue weighted by molar-refractivity contribution is -0.142. The van der Waals surface area contributed by atoms with Gasteiger partial charge in [0, 0.05) is 28.7 Å². The second-order valence-corrected chi connectivity index (χ2v) is 9.46. The van der Waals surface area contributed by atoms with Gasteiger partial charge in [0.05, 0.1) is 5.92 Å². The number of ketones is 1. The van der Waals surface area contributed by atoms with Crippen LogP contribution in [0, 0.1) is 0 Å². The van der Waals surface area contributed by atoms with Crippen LogP contribution in [0.4, 0.5) is 5.69 Å². The smallest absolute Gasteiger partial charge is 0.306 e. The minimum atomic E-state index is -0.321. The van der Waals surface area contributed by atoms with E-state index in [4.69, 9.17) is 4.74 Å². The van der Waals surface area contributed by atoms with Crippen molar-refractivity contribution in [1.82, 2.24) is 0 Å². The molecule has 1 N–H and O–H groups in total. The highest BCUT2D eigenvalue weighted by atomic mass is 33.1. The molecule has 0 radical (unpaired) electrons. The number of Topliss-reactive ketones (excluding diaryl/α,β-unsaturated/α-hetero) is 1. The molecular weight excluding hydrogens is 370 g/mol. The number of nitrogens with one attached hydrogen (secondary N) is 1. The van der Waals surface area contributed by atoms with Crippen LogP contribution in [-0.4, -0.2) is 35.3 Å². The van der Waals surface area contributed by atoms with Gasteiger partial charge in [-0.05, 0) is 49.9 Å². The largest absolute Gasteiger partial charge is 0.457 e. The zero-order valence-corrected chi connectivity index (χ0v) is 16.4. The quantitative estimate of drug-likeness (QED) is 0.309. The fraction of sp³-hybridized carbons (Fsp3) is 0.526. The number of fused-ring (bicyclic) bond motifs is 1. The summed E-state index contributed by atoms with van der Waals surface area (Å²) in [6.45, 7) is 1.56. The van der Waals surface area contributed by atoms with E-state index < -0.39 is 0 Å². The summed E-state index contributed by atoms with van der Waals surface area (Å²) < 4.78 is 5.12. The fourth-order valence-electron chi connectivity index (χ4n) is 3.10. The molecular formula is C19H23NO4S2. The Bertz CT molecular complexity index is 701. The molecule has 0 aromatic heterocycles. The van der Waals surface area contributed by atoms with Gasteiger partial charge >= 0.3 is 5.97 Å². The standard InChI is InChI=1S/C19H23NO4S2/c1-12-15-10-13(6-7-16(15)20-19(12)23)17(21)11-24-18(22)5-3-2-4-14-8-9-25-26-14/h6-7,10,12,14H,2-5,8-9,11H2,1H3,(H,20,23)/t12-,14-/m0/s1. The maximum absolute atomic E-state index is 12.3. The van der Waals surface area contributed by atoms with E-state index in [1.165, 1.54) is 12.2 Å². The molecule has 0 spiro atoms. The van der Waals surface area contributed by atoms with Crippen LogP contribution in [0.5, 0.6) is 0 Å². The predicted octanol–water partition coefficient (Wildman–Crippen LogP) is 4.18. The molecule has 26 heavy (non-hydrogen) atoms. The summed E-state index contributed by atoms with van der Waals surface area (Å²) in [5, 5.41) is 3.50. The highest BCUT2D eigenvalue weighted by molar-refractivity contribution is 8.77. The lowest BCUT2D eigenvalue weighted by atomic mass is 9.99. The van der Waals surface area contributed by atoms with Crippen molar-refractivity contribution in [3.8, 4) is 0 Å². The average Bonchev–Trinajstić information content (AvgIpc) is 3.25. The molecule has 0 aliphatic carbocycles. The van der Waals surface area contributed by atoms with Crippen LogP contribution in [-0.2, 0) is 14.3 Å². The molecule has 1 aromatic rings. The predicted molar refractivity (Wildman–Crippen MR) is 106 cm³/mol. The molecule has 1 fully saturated rings. The Hall–Kier alpha value is -1.47. The van der Waals surface area contributed by atoms with Gasteiger partial charge in [0.2, 0.25) is 5.91 Å². The minimum Gasteiger partial charge on any atom is -0.457 e. The Kier molecular flexibility index (Phi) is 6.64. The highest BCUT2D eigenvalue weighted by Gasteiger charge is 2.27. The summed E-state index contributed by atoms with van der Waals surface area (Å²) in [4.78, 5) is 35.7. The second-order valence-electron chi connectivity index (χ2n) is 6.67. The van der Waals surface area contributed by atoms with Crippen LogP contribution < -0.4 is 5.32 Å². The number of esters is 1. The summed E-state index contributed by atoms with van der Waals surface area (Å²) in [7, 11) is 3.88. The maximum atomic E-state index is 12.3. The topological polar surface area (TPSA) is 72.5 Å². The summed E-state index contributed by atoms with van der Waals surface area (Å²) in [5.41, 5.74) is 2.03. The van der Waals surface area contributed by atoms with Crippen molar-refractivity contribution in [3.05, 3.63) is 29.3 Å². The number of unbranched alkanes of at least 4 members (excludes halogenated alkanes) is 1. The molecule has 5 nitrogen and oxygen atoms in total. The number of hydrogen-bond donors (Lipinski definition) is 1. The molecule has 2 atom stereocenters. The average molecular weight is 394 g/mol. The van der Waals surface area contributed by atoms with Crippen molar-refractivity contribution in [2.24, 2.45) is 0 Å². The maximum Gasteiger partial charge on any atom is 0.306 e. The van der Waals surface area contributed by atoms with Crippen molar-refractivity contribution in [3.63, 3.8) is 0 Å². The SMILES string of the molecule is C[C@@H]1C(=O)Nc2ccc(C(=O)COC(=O)CCCC[C@H]3CCSS3)cc21. The Balaban J connectivity index is 1.39. The van der Waals surface area contributed by atoms with E-state index in [2.05, 4.69) is 5.32 Å². The Labute approximate surface area is 161 Å². The number of amides is 1. The number of ether oxygens (including phenoxy) is 1. The molecule has 2 aliphatic heterocycles. The molecule has 1 saturated heterocycles. The number of rotatable bonds is 8. The van der Waals surface area contributed by atoms with Crippen LogP contribution >= 0.6 is 21.6 Å². The van der Waals surface area contributed by atoms with Crippen LogP contribution in [0.3, 0.4) is 0 Å². The van der Waals surface area contributed by atoms with Crippen molar-refractivity contribution in [2.45, 2.75) is 50.2 Å². The lowest BCUT2D eigenvalue weighted by Crippen LogP contribution is -2.14. The van der Waals surface area contributed by atoms with E-state index in [9.17, 15) is 14.4 Å². The number of carbonyl (C=O) groups excluding carboxylic acids is 3. The van der Waals surface area contributed by atoms with Gasteiger partial charge in [0.15, 0.2) is 12.4 Å². The number of anilines is 1. The van der Waals surface area contributed by atoms with Crippen LogP contribution in [0.1, 0.15) is 60.9 Å². The molecule has 7 heteroatoms. The van der Waals surface area contributed by atoms with E-state index in [0.717, 1.165) is 35.8 Å². The first-order valence-electron chi connectivity index (χ1n) is 8.96. The van der Waals surface area contributed by atoms with Crippen LogP contribution in [0.15, 0.2) is 18.2 Å². The van der Waals surface area contributed by atoms with Crippen LogP contribution in [0.2, 0.25) is 0 Å². The van der Waals surface area contributed by atoms with Crippen molar-refractivity contribution in [2.75, 3.05) is 17.7 Å². The van der Waals surface area contributed by atoms with Crippen molar-refractivity contribution in [1.29, 1.82) is 0 Å². The van der Waals surface area contributed by atoms with Gasteiger partial charge in [-0.3, -0.25) is 14.4 Å². The normalized spacial score (nSPS) is 21.3. The first-order chi connectivity index (χ1) is 12.5. The third-order valence-electron chi connectivity index (χ3n) is 4.74. The summed E-state index contributed by atoms with van der Waals surface area (Å²) >= 11 is 0. The van der Waals surface area contributed by atoms with Gasteiger partial charge in [-0.1, -0.05) is 28.0 Å². The first kappa shape index (κ1) is 19.3. The Morgan fingerprint density at radius 2 is 2.15 bits per heavy atom. The zero-order chi connectivity index (χ0) is 18.5. The van der Waals surface area contributed by atoms with Gasteiger partial charge in [0.1, 0.15) is 0 Å². The monoisotopic (exact) mass is 393 g/mol. The molecule has 2 aliphatic rings. The van der Waals surface area contributed by atoms with Gasteiger partial charge < -0.3 is 10.1 Å². The molecule has 140 valence electrons. The molecule has 3 rings (SSSR count). The van der Waals surface area contributed by atoms with E-state index in [1.807, 2.05) is 21.6 Å². The summed E-state index contributed by atoms with van der Waals surface area (Å²) in [6, 6.07) is 5.10. The molecule has 1 amide bonds. The number of hydrogen-bond acceptors (Lipinski definition) is 6. The molecule has 0 unspecified atom stereocenters. The van der Waals surface area contributed by atoms with Gasteiger partial charge in [0.25, 0.3) is 0 Å². The van der Waals surface area contributed by atoms with Crippen molar-refractivity contribution < 1.29 is 19.1 Å². The third kappa shape index (κ3) is 4.82. The minimum absolute atomic E-state index is 0.0642. The molecule has 1 aromatic carbocycles. The fourth-order valence-corrected chi connectivity index (χ4v) is 6.13. The second kappa shape index (κ2) is 8.95. The molecule has 0 saturated carbocycles.